The Bertz CT molecular complexity index is 352. The van der Waals surface area contributed by atoms with Gasteiger partial charge in [0, 0.05) is 22.2 Å². The highest BCUT2D eigenvalue weighted by Crippen LogP contribution is 2.32. The molecule has 0 unspecified atom stereocenters. The van der Waals surface area contributed by atoms with E-state index >= 15 is 0 Å². The van der Waals surface area contributed by atoms with Crippen molar-refractivity contribution in [3.63, 3.8) is 0 Å². The van der Waals surface area contributed by atoms with Gasteiger partial charge in [0.05, 0.1) is 0 Å². The van der Waals surface area contributed by atoms with Gasteiger partial charge >= 0.3 is 0 Å². The smallest absolute Gasteiger partial charge is 0.0397 e. The average molecular weight is 219 g/mol. The predicted molar refractivity (Wildman–Crippen MR) is 72.7 cm³/mol. The normalized spacial score (nSPS) is 32.0. The van der Waals surface area contributed by atoms with E-state index in [0.29, 0.717) is 5.92 Å². The van der Waals surface area contributed by atoms with Gasteiger partial charge in [-0.1, -0.05) is 59.8 Å². The maximum atomic E-state index is 4.81. The maximum absolute atomic E-state index is 4.81. The van der Waals surface area contributed by atoms with Crippen LogP contribution in [0.4, 0.5) is 0 Å². The molecular formula is C15H25N. The highest BCUT2D eigenvalue weighted by atomic mass is 14.8. The van der Waals surface area contributed by atoms with Crippen LogP contribution in [0.2, 0.25) is 0 Å². The Labute approximate surface area is 100 Å². The van der Waals surface area contributed by atoms with Gasteiger partial charge in [-0.15, -0.1) is 0 Å². The first-order chi connectivity index (χ1) is 7.14. The fourth-order valence-corrected chi connectivity index (χ4v) is 1.64. The van der Waals surface area contributed by atoms with E-state index in [1.807, 2.05) is 0 Å². The molecule has 0 aromatic rings. The Balaban J connectivity index is 3.30. The first-order valence-corrected chi connectivity index (χ1v) is 6.13. The number of nitrogens with zero attached hydrogens (tertiary/aromatic N) is 1. The maximum Gasteiger partial charge on any atom is 0.0397 e. The summed E-state index contributed by atoms with van der Waals surface area (Å²) in [7, 11) is 0. The molecule has 0 atom stereocenters. The molecule has 0 aromatic heterocycles. The molecule has 0 saturated heterocycles. The zero-order valence-electron chi connectivity index (χ0n) is 11.8. The van der Waals surface area contributed by atoms with E-state index in [-0.39, 0.29) is 10.8 Å². The van der Waals surface area contributed by atoms with Crippen molar-refractivity contribution in [3.05, 3.63) is 23.9 Å². The lowest BCUT2D eigenvalue weighted by molar-refractivity contribution is 0.572. The molecule has 0 spiro atoms. The van der Waals surface area contributed by atoms with E-state index < -0.39 is 0 Å². The number of allylic oxidation sites excluding steroid dienone is 4. The van der Waals surface area contributed by atoms with Crippen LogP contribution in [0.5, 0.6) is 0 Å². The highest BCUT2D eigenvalue weighted by Gasteiger charge is 2.24. The summed E-state index contributed by atoms with van der Waals surface area (Å²) >= 11 is 0. The lowest BCUT2D eigenvalue weighted by atomic mass is 9.81. The van der Waals surface area contributed by atoms with Gasteiger partial charge in [0.2, 0.25) is 0 Å². The first-order valence-electron chi connectivity index (χ1n) is 6.13. The van der Waals surface area contributed by atoms with Gasteiger partial charge in [0.15, 0.2) is 0 Å². The molecule has 0 aliphatic carbocycles. The molecule has 0 fully saturated rings. The van der Waals surface area contributed by atoms with Crippen molar-refractivity contribution in [2.75, 3.05) is 0 Å². The zero-order valence-corrected chi connectivity index (χ0v) is 11.8. The van der Waals surface area contributed by atoms with Gasteiger partial charge in [0.1, 0.15) is 0 Å². The van der Waals surface area contributed by atoms with Crippen LogP contribution in [0, 0.1) is 16.7 Å². The largest absolute Gasteiger partial charge is 0.262 e. The Kier molecular flexibility index (Phi) is 3.47. The van der Waals surface area contributed by atoms with Gasteiger partial charge in [-0.2, -0.15) is 0 Å². The Morgan fingerprint density at radius 1 is 1.06 bits per heavy atom. The summed E-state index contributed by atoms with van der Waals surface area (Å²) in [6.07, 6.45) is 6.86. The first kappa shape index (κ1) is 13.2. The zero-order chi connectivity index (χ0) is 12.6. The molecule has 1 heteroatoms. The quantitative estimate of drug-likeness (QED) is 0.571. The van der Waals surface area contributed by atoms with Crippen LogP contribution in [0.1, 0.15) is 48.5 Å². The molecule has 0 radical (unpaired) electrons. The lowest BCUT2D eigenvalue weighted by Crippen LogP contribution is -2.22. The SMILES string of the molecule is C/C1=N/C(C(C)C)=C\C(C)(C)/C=C\C1(C)C. The Morgan fingerprint density at radius 2 is 1.62 bits per heavy atom. The minimum atomic E-state index is 0.0612. The van der Waals surface area contributed by atoms with Crippen molar-refractivity contribution in [1.29, 1.82) is 0 Å². The van der Waals surface area contributed by atoms with Gasteiger partial charge in [-0.25, -0.2) is 0 Å². The number of aliphatic imine (C=N–C) groups is 1. The molecule has 1 nitrogen and oxygen atoms in total. The van der Waals surface area contributed by atoms with Crippen LogP contribution in [-0.4, -0.2) is 5.71 Å². The third-order valence-electron chi connectivity index (χ3n) is 3.27. The molecular weight excluding hydrogens is 194 g/mol. The van der Waals surface area contributed by atoms with E-state index in [0.717, 1.165) is 0 Å². The van der Waals surface area contributed by atoms with Gasteiger partial charge < -0.3 is 0 Å². The summed E-state index contributed by atoms with van der Waals surface area (Å²) in [5.74, 6) is 0.483. The molecule has 0 saturated carbocycles. The van der Waals surface area contributed by atoms with Crippen LogP contribution >= 0.6 is 0 Å². The fraction of sp³-hybridized carbons (Fsp3) is 0.667. The molecule has 0 bridgehead atoms. The summed E-state index contributed by atoms with van der Waals surface area (Å²) < 4.78 is 0. The minimum absolute atomic E-state index is 0.0612. The number of hydrogen-bond acceptors (Lipinski definition) is 1. The Morgan fingerprint density at radius 3 is 2.12 bits per heavy atom. The van der Waals surface area contributed by atoms with Crippen LogP contribution in [-0.2, 0) is 0 Å². The lowest BCUT2D eigenvalue weighted by Gasteiger charge is -2.28. The standard InChI is InChI=1S/C15H25N/c1-11(2)13-10-14(4,5)8-9-15(6,7)12(3)16-13/h8-11H,1-7H3/b9-8-,13-10-,16-12-. The molecule has 0 amide bonds. The third kappa shape index (κ3) is 3.07. The Hall–Kier alpha value is -0.850. The van der Waals surface area contributed by atoms with E-state index in [9.17, 15) is 0 Å². The van der Waals surface area contributed by atoms with Crippen molar-refractivity contribution in [3.8, 4) is 0 Å². The fourth-order valence-electron chi connectivity index (χ4n) is 1.64. The molecule has 1 heterocycles. The summed E-state index contributed by atoms with van der Waals surface area (Å²) in [5.41, 5.74) is 2.56. The summed E-state index contributed by atoms with van der Waals surface area (Å²) in [5, 5.41) is 0. The second-order valence-corrected chi connectivity index (χ2v) is 6.30. The molecule has 16 heavy (non-hydrogen) atoms. The van der Waals surface area contributed by atoms with Crippen molar-refractivity contribution in [1.82, 2.24) is 0 Å². The molecule has 0 aromatic carbocycles. The molecule has 0 N–H and O–H groups in total. The third-order valence-corrected chi connectivity index (χ3v) is 3.27. The molecule has 1 aliphatic rings. The molecule has 1 rings (SSSR count). The highest BCUT2D eigenvalue weighted by molar-refractivity contribution is 5.90. The topological polar surface area (TPSA) is 12.4 Å². The predicted octanol–water partition coefficient (Wildman–Crippen LogP) is 4.61. The summed E-state index contributed by atoms with van der Waals surface area (Å²) in [6, 6.07) is 0. The van der Waals surface area contributed by atoms with E-state index in [1.165, 1.54) is 11.4 Å². The van der Waals surface area contributed by atoms with E-state index in [2.05, 4.69) is 66.7 Å². The van der Waals surface area contributed by atoms with Crippen molar-refractivity contribution >= 4 is 5.71 Å². The molecule has 90 valence electrons. The van der Waals surface area contributed by atoms with Crippen LogP contribution in [0.25, 0.3) is 0 Å². The van der Waals surface area contributed by atoms with Crippen LogP contribution in [0.3, 0.4) is 0 Å². The second kappa shape index (κ2) is 4.20. The second-order valence-electron chi connectivity index (χ2n) is 6.30. The van der Waals surface area contributed by atoms with E-state index in [1.54, 1.807) is 0 Å². The van der Waals surface area contributed by atoms with Crippen molar-refractivity contribution in [2.24, 2.45) is 21.7 Å². The number of rotatable bonds is 1. The minimum Gasteiger partial charge on any atom is -0.262 e. The number of hydrogen-bond donors (Lipinski definition) is 0. The summed E-state index contributed by atoms with van der Waals surface area (Å²) in [4.78, 5) is 4.81. The monoisotopic (exact) mass is 219 g/mol. The summed E-state index contributed by atoms with van der Waals surface area (Å²) in [6.45, 7) is 15.5. The molecule has 1 aliphatic heterocycles. The van der Waals surface area contributed by atoms with Crippen molar-refractivity contribution in [2.45, 2.75) is 48.5 Å². The average Bonchev–Trinajstić information content (AvgIpc) is 2.12. The van der Waals surface area contributed by atoms with Gasteiger partial charge in [-0.3, -0.25) is 4.99 Å². The van der Waals surface area contributed by atoms with Crippen LogP contribution < -0.4 is 0 Å². The van der Waals surface area contributed by atoms with Gasteiger partial charge in [0.25, 0.3) is 0 Å². The van der Waals surface area contributed by atoms with Crippen LogP contribution in [0.15, 0.2) is 28.9 Å². The van der Waals surface area contributed by atoms with Gasteiger partial charge in [-0.05, 0) is 12.8 Å². The van der Waals surface area contributed by atoms with Crippen molar-refractivity contribution < 1.29 is 0 Å². The van der Waals surface area contributed by atoms with E-state index in [4.69, 9.17) is 4.99 Å².